The molecule has 1 aromatic carbocycles. The maximum absolute atomic E-state index is 4.61. The van der Waals surface area contributed by atoms with E-state index in [0.717, 1.165) is 18.8 Å². The van der Waals surface area contributed by atoms with Crippen LogP contribution in [0, 0.1) is 0 Å². The van der Waals surface area contributed by atoms with E-state index in [9.17, 15) is 0 Å². The van der Waals surface area contributed by atoms with Gasteiger partial charge in [-0.2, -0.15) is 0 Å². The average Bonchev–Trinajstić information content (AvgIpc) is 3.26. The molecule has 1 saturated carbocycles. The Hall–Kier alpha value is -2.03. The lowest BCUT2D eigenvalue weighted by molar-refractivity contribution is 0.521. The normalized spacial score (nSPS) is 15.6. The maximum atomic E-state index is 4.61. The van der Waals surface area contributed by atoms with Crippen LogP contribution < -0.4 is 4.90 Å². The highest BCUT2D eigenvalue weighted by Crippen LogP contribution is 2.29. The highest BCUT2D eigenvalue weighted by Gasteiger charge is 2.15. The predicted molar refractivity (Wildman–Crippen MR) is 99.2 cm³/mol. The molecule has 3 rings (SSSR count). The summed E-state index contributed by atoms with van der Waals surface area (Å²) in [6.45, 7) is 6.44. The van der Waals surface area contributed by atoms with Crippen molar-refractivity contribution in [2.75, 3.05) is 18.0 Å². The first-order valence-electron chi connectivity index (χ1n) is 8.86. The van der Waals surface area contributed by atoms with Crippen LogP contribution in [-0.4, -0.2) is 23.9 Å². The number of benzene rings is 1. The Morgan fingerprint density at radius 3 is 2.43 bits per heavy atom. The molecular weight excluding hydrogens is 282 g/mol. The number of aromatic nitrogens is 1. The predicted octanol–water partition coefficient (Wildman–Crippen LogP) is 5.20. The molecule has 0 N–H and O–H groups in total. The standard InChI is InChI=1S/C20H27N3/c1-3-22(4-2)20-11-9-18(10-12-20)21-15-17-13-14-23(16-17)19-7-5-6-8-19/h9-16,19H,3-8H2,1-2H3. The van der Waals surface area contributed by atoms with Gasteiger partial charge < -0.3 is 9.47 Å². The first-order valence-corrected chi connectivity index (χ1v) is 8.86. The number of hydrogen-bond donors (Lipinski definition) is 0. The van der Waals surface area contributed by atoms with Crippen LogP contribution in [0.5, 0.6) is 0 Å². The van der Waals surface area contributed by atoms with Gasteiger partial charge in [-0.25, -0.2) is 0 Å². The fraction of sp³-hybridized carbons (Fsp3) is 0.450. The summed E-state index contributed by atoms with van der Waals surface area (Å²) in [5.41, 5.74) is 3.46. The van der Waals surface area contributed by atoms with E-state index in [4.69, 9.17) is 0 Å². The number of nitrogens with zero attached hydrogens (tertiary/aromatic N) is 3. The lowest BCUT2D eigenvalue weighted by Gasteiger charge is -2.20. The summed E-state index contributed by atoms with van der Waals surface area (Å²) in [7, 11) is 0. The van der Waals surface area contributed by atoms with Gasteiger partial charge in [0.25, 0.3) is 0 Å². The second kappa shape index (κ2) is 7.49. The molecule has 3 nitrogen and oxygen atoms in total. The molecule has 0 aliphatic heterocycles. The summed E-state index contributed by atoms with van der Waals surface area (Å²) >= 11 is 0. The van der Waals surface area contributed by atoms with E-state index in [2.05, 4.69) is 71.0 Å². The molecule has 0 atom stereocenters. The topological polar surface area (TPSA) is 20.5 Å². The minimum atomic E-state index is 0.700. The van der Waals surface area contributed by atoms with Crippen molar-refractivity contribution in [3.05, 3.63) is 48.3 Å². The van der Waals surface area contributed by atoms with Gasteiger partial charge >= 0.3 is 0 Å². The third kappa shape index (κ3) is 3.84. The molecule has 23 heavy (non-hydrogen) atoms. The highest BCUT2D eigenvalue weighted by molar-refractivity contribution is 5.81. The third-order valence-electron chi connectivity index (χ3n) is 4.82. The molecule has 1 fully saturated rings. The van der Waals surface area contributed by atoms with Crippen molar-refractivity contribution in [1.29, 1.82) is 0 Å². The molecule has 0 unspecified atom stereocenters. The summed E-state index contributed by atoms with van der Waals surface area (Å²) in [5, 5.41) is 0. The summed E-state index contributed by atoms with van der Waals surface area (Å²) in [5.74, 6) is 0. The van der Waals surface area contributed by atoms with Gasteiger partial charge in [-0.1, -0.05) is 12.8 Å². The summed E-state index contributed by atoms with van der Waals surface area (Å²) in [6, 6.07) is 11.4. The average molecular weight is 309 g/mol. The zero-order valence-electron chi connectivity index (χ0n) is 14.3. The van der Waals surface area contributed by atoms with Crippen molar-refractivity contribution < 1.29 is 0 Å². The largest absolute Gasteiger partial charge is 0.372 e. The summed E-state index contributed by atoms with van der Waals surface area (Å²) in [4.78, 5) is 6.95. The first kappa shape index (κ1) is 15.9. The molecule has 122 valence electrons. The number of hydrogen-bond acceptors (Lipinski definition) is 2. The van der Waals surface area contributed by atoms with Crippen LogP contribution in [0.2, 0.25) is 0 Å². The Balaban J connectivity index is 1.65. The molecule has 0 bridgehead atoms. The van der Waals surface area contributed by atoms with Gasteiger partial charge in [-0.05, 0) is 57.0 Å². The molecular formula is C20H27N3. The van der Waals surface area contributed by atoms with E-state index in [1.165, 1.54) is 36.9 Å². The molecule has 1 aliphatic rings. The lowest BCUT2D eigenvalue weighted by atomic mass is 10.2. The van der Waals surface area contributed by atoms with Crippen molar-refractivity contribution in [3.63, 3.8) is 0 Å². The van der Waals surface area contributed by atoms with Crippen LogP contribution in [0.25, 0.3) is 0 Å². The monoisotopic (exact) mass is 309 g/mol. The Morgan fingerprint density at radius 1 is 1.09 bits per heavy atom. The van der Waals surface area contributed by atoms with Crippen molar-refractivity contribution in [2.45, 2.75) is 45.6 Å². The van der Waals surface area contributed by atoms with E-state index in [-0.39, 0.29) is 0 Å². The smallest absolute Gasteiger partial charge is 0.0631 e. The van der Waals surface area contributed by atoms with Gasteiger partial charge in [0.2, 0.25) is 0 Å². The molecule has 0 amide bonds. The quantitative estimate of drug-likeness (QED) is 0.672. The molecule has 3 heteroatoms. The minimum Gasteiger partial charge on any atom is -0.372 e. The molecule has 0 saturated heterocycles. The van der Waals surface area contributed by atoms with E-state index in [0.29, 0.717) is 6.04 Å². The number of anilines is 1. The zero-order valence-corrected chi connectivity index (χ0v) is 14.3. The van der Waals surface area contributed by atoms with E-state index in [1.54, 1.807) is 0 Å². The van der Waals surface area contributed by atoms with Crippen LogP contribution >= 0.6 is 0 Å². The second-order valence-electron chi connectivity index (χ2n) is 6.28. The van der Waals surface area contributed by atoms with Gasteiger partial charge in [-0.15, -0.1) is 0 Å². The SMILES string of the molecule is CCN(CC)c1ccc(N=Cc2ccn(C3CCCC3)c2)cc1. The first-order chi connectivity index (χ1) is 11.3. The fourth-order valence-electron chi connectivity index (χ4n) is 3.42. The van der Waals surface area contributed by atoms with E-state index < -0.39 is 0 Å². The van der Waals surface area contributed by atoms with Gasteiger partial charge in [0.1, 0.15) is 0 Å². The van der Waals surface area contributed by atoms with Crippen LogP contribution in [0.1, 0.15) is 51.1 Å². The van der Waals surface area contributed by atoms with Crippen molar-refractivity contribution in [1.82, 2.24) is 4.57 Å². The Labute approximate surface area is 139 Å². The van der Waals surface area contributed by atoms with Gasteiger partial charge in [-0.3, -0.25) is 4.99 Å². The van der Waals surface area contributed by atoms with Gasteiger partial charge in [0.05, 0.1) is 5.69 Å². The molecule has 1 aliphatic carbocycles. The maximum Gasteiger partial charge on any atom is 0.0631 e. The molecule has 0 spiro atoms. The fourth-order valence-corrected chi connectivity index (χ4v) is 3.42. The minimum absolute atomic E-state index is 0.700. The third-order valence-corrected chi connectivity index (χ3v) is 4.82. The summed E-state index contributed by atoms with van der Waals surface area (Å²) < 4.78 is 2.36. The van der Waals surface area contributed by atoms with Crippen LogP contribution in [0.3, 0.4) is 0 Å². The lowest BCUT2D eigenvalue weighted by Crippen LogP contribution is -2.21. The second-order valence-corrected chi connectivity index (χ2v) is 6.28. The Morgan fingerprint density at radius 2 is 1.78 bits per heavy atom. The van der Waals surface area contributed by atoms with Crippen molar-refractivity contribution in [2.24, 2.45) is 4.99 Å². The van der Waals surface area contributed by atoms with E-state index >= 15 is 0 Å². The van der Waals surface area contributed by atoms with Crippen LogP contribution in [0.4, 0.5) is 11.4 Å². The molecule has 1 aromatic heterocycles. The molecule has 0 radical (unpaired) electrons. The van der Waals surface area contributed by atoms with Crippen LogP contribution in [0.15, 0.2) is 47.7 Å². The zero-order chi connectivity index (χ0) is 16.1. The number of rotatable bonds is 6. The van der Waals surface area contributed by atoms with Gasteiger partial charge in [0.15, 0.2) is 0 Å². The van der Waals surface area contributed by atoms with Gasteiger partial charge in [0, 0.05) is 49.0 Å². The Kier molecular flexibility index (Phi) is 5.16. The highest BCUT2D eigenvalue weighted by atomic mass is 15.1. The number of aliphatic imine (C=N–C) groups is 1. The van der Waals surface area contributed by atoms with Crippen LogP contribution in [-0.2, 0) is 0 Å². The Bertz CT molecular complexity index is 629. The van der Waals surface area contributed by atoms with Crippen molar-refractivity contribution >= 4 is 17.6 Å². The molecule has 1 heterocycles. The van der Waals surface area contributed by atoms with Crippen molar-refractivity contribution in [3.8, 4) is 0 Å². The van der Waals surface area contributed by atoms with E-state index in [1.807, 2.05) is 6.21 Å². The summed E-state index contributed by atoms with van der Waals surface area (Å²) in [6.07, 6.45) is 11.8. The molecule has 2 aromatic rings.